The van der Waals surface area contributed by atoms with Gasteiger partial charge < -0.3 is 10.1 Å². The van der Waals surface area contributed by atoms with E-state index in [1.807, 2.05) is 24.3 Å². The number of ether oxygens (including phenoxy) is 1. The number of nitrogens with one attached hydrogen (secondary N) is 1. The molecule has 1 aromatic carbocycles. The fraction of sp³-hybridized carbons (Fsp3) is 0.417. The van der Waals surface area contributed by atoms with E-state index in [-0.39, 0.29) is 6.61 Å². The van der Waals surface area contributed by atoms with Crippen molar-refractivity contribution >= 4 is 15.9 Å². The van der Waals surface area contributed by atoms with Gasteiger partial charge in [-0.1, -0.05) is 26.0 Å². The van der Waals surface area contributed by atoms with Gasteiger partial charge >= 0.3 is 0 Å². The molecule has 1 aromatic rings. The molecule has 0 bridgehead atoms. The van der Waals surface area contributed by atoms with Crippen molar-refractivity contribution < 1.29 is 4.74 Å². The first-order valence-corrected chi connectivity index (χ1v) is 5.95. The molecule has 0 unspecified atom stereocenters. The first-order valence-electron chi connectivity index (χ1n) is 5.15. The average molecular weight is 283 g/mol. The van der Waals surface area contributed by atoms with Crippen molar-refractivity contribution in [3.63, 3.8) is 0 Å². The van der Waals surface area contributed by atoms with E-state index in [9.17, 15) is 0 Å². The van der Waals surface area contributed by atoms with Gasteiger partial charge in [-0.3, -0.25) is 0 Å². The number of hydrogen-bond donors (Lipinski definition) is 1. The van der Waals surface area contributed by atoms with Crippen LogP contribution in [-0.4, -0.2) is 12.6 Å². The molecule has 0 spiro atoms. The monoisotopic (exact) mass is 282 g/mol. The van der Waals surface area contributed by atoms with Gasteiger partial charge in [0.2, 0.25) is 0 Å². The number of rotatable bonds is 5. The highest BCUT2D eigenvalue weighted by atomic mass is 79.9. The number of halogens is 1. The molecule has 1 N–H and O–H groups in total. The van der Waals surface area contributed by atoms with E-state index in [0.29, 0.717) is 6.04 Å². The normalized spacial score (nSPS) is 10.2. The van der Waals surface area contributed by atoms with Gasteiger partial charge in [-0.05, 0) is 22.0 Å². The lowest BCUT2D eigenvalue weighted by atomic mass is 10.2. The van der Waals surface area contributed by atoms with Gasteiger partial charge in [0.15, 0.2) is 6.61 Å². The van der Waals surface area contributed by atoms with Crippen LogP contribution >= 0.6 is 15.9 Å². The molecule has 86 valence electrons. The first-order chi connectivity index (χ1) is 7.65. The second-order valence-corrected chi connectivity index (χ2v) is 4.56. The number of benzene rings is 1. The molecule has 0 aliphatic heterocycles. The minimum Gasteiger partial charge on any atom is -0.477 e. The van der Waals surface area contributed by atoms with E-state index in [1.165, 1.54) is 0 Å². The zero-order valence-electron chi connectivity index (χ0n) is 9.46. The van der Waals surface area contributed by atoms with E-state index in [0.717, 1.165) is 22.3 Å². The molecule has 0 saturated carbocycles. The van der Waals surface area contributed by atoms with Crippen molar-refractivity contribution in [2.24, 2.45) is 0 Å². The summed E-state index contributed by atoms with van der Waals surface area (Å²) >= 11 is 3.42. The number of nitrogens with zero attached hydrogens (tertiary/aromatic N) is 1. The third kappa shape index (κ3) is 3.84. The fourth-order valence-electron chi connectivity index (χ4n) is 1.27. The van der Waals surface area contributed by atoms with Gasteiger partial charge in [-0.2, -0.15) is 5.26 Å². The van der Waals surface area contributed by atoms with Crippen LogP contribution in [0.3, 0.4) is 0 Å². The molecule has 0 amide bonds. The molecule has 0 saturated heterocycles. The lowest BCUT2D eigenvalue weighted by molar-refractivity contribution is 0.359. The van der Waals surface area contributed by atoms with Gasteiger partial charge in [0.1, 0.15) is 11.8 Å². The maximum atomic E-state index is 8.52. The van der Waals surface area contributed by atoms with Crippen molar-refractivity contribution in [3.05, 3.63) is 28.2 Å². The van der Waals surface area contributed by atoms with Crippen molar-refractivity contribution in [2.75, 3.05) is 6.61 Å². The quantitative estimate of drug-likeness (QED) is 0.903. The minimum absolute atomic E-state index is 0.0668. The van der Waals surface area contributed by atoms with Crippen LogP contribution in [0.5, 0.6) is 5.75 Å². The molecular formula is C12H15BrN2O. The molecule has 0 radical (unpaired) electrons. The summed E-state index contributed by atoms with van der Waals surface area (Å²) in [6.07, 6.45) is 0. The van der Waals surface area contributed by atoms with Crippen LogP contribution in [0.25, 0.3) is 0 Å². The van der Waals surface area contributed by atoms with E-state index in [2.05, 4.69) is 35.1 Å². The van der Waals surface area contributed by atoms with Crippen LogP contribution in [0, 0.1) is 11.3 Å². The summed E-state index contributed by atoms with van der Waals surface area (Å²) < 4.78 is 6.28. The zero-order valence-corrected chi connectivity index (χ0v) is 11.0. The molecule has 0 aromatic heterocycles. The SMILES string of the molecule is CC(C)NCc1cccc(Br)c1OCC#N. The Morgan fingerprint density at radius 1 is 1.50 bits per heavy atom. The standard InChI is InChI=1S/C12H15BrN2O/c1-9(2)15-8-10-4-3-5-11(13)12(10)16-7-6-14/h3-5,9,15H,7-8H2,1-2H3. The Kier molecular flexibility index (Phi) is 5.30. The average Bonchev–Trinajstić information content (AvgIpc) is 2.25. The smallest absolute Gasteiger partial charge is 0.174 e. The summed E-state index contributed by atoms with van der Waals surface area (Å²) in [7, 11) is 0. The highest BCUT2D eigenvalue weighted by molar-refractivity contribution is 9.10. The molecule has 4 heteroatoms. The lowest BCUT2D eigenvalue weighted by Crippen LogP contribution is -2.22. The summed E-state index contributed by atoms with van der Waals surface area (Å²) in [6.45, 7) is 4.98. The molecule has 0 fully saturated rings. The van der Waals surface area contributed by atoms with Crippen molar-refractivity contribution in [1.29, 1.82) is 5.26 Å². The van der Waals surface area contributed by atoms with Crippen LogP contribution in [0.15, 0.2) is 22.7 Å². The van der Waals surface area contributed by atoms with Crippen molar-refractivity contribution in [2.45, 2.75) is 26.4 Å². The Balaban J connectivity index is 2.81. The van der Waals surface area contributed by atoms with E-state index in [4.69, 9.17) is 10.00 Å². The Morgan fingerprint density at radius 3 is 2.88 bits per heavy atom. The summed E-state index contributed by atoms with van der Waals surface area (Å²) in [4.78, 5) is 0. The molecule has 1 rings (SSSR count). The third-order valence-electron chi connectivity index (χ3n) is 2.03. The molecule has 0 aliphatic carbocycles. The number of hydrogen-bond acceptors (Lipinski definition) is 3. The molecule has 16 heavy (non-hydrogen) atoms. The summed E-state index contributed by atoms with van der Waals surface area (Å²) in [6, 6.07) is 8.25. The fourth-order valence-corrected chi connectivity index (χ4v) is 1.79. The predicted molar refractivity (Wildman–Crippen MR) is 67.2 cm³/mol. The largest absolute Gasteiger partial charge is 0.477 e. The third-order valence-corrected chi connectivity index (χ3v) is 2.65. The molecule has 0 atom stereocenters. The van der Waals surface area contributed by atoms with E-state index >= 15 is 0 Å². The number of nitriles is 1. The first kappa shape index (κ1) is 13.0. The summed E-state index contributed by atoms with van der Waals surface area (Å²) in [5.41, 5.74) is 1.05. The predicted octanol–water partition coefficient (Wildman–Crippen LogP) is 2.85. The van der Waals surface area contributed by atoms with Crippen LogP contribution in [0.4, 0.5) is 0 Å². The van der Waals surface area contributed by atoms with E-state index in [1.54, 1.807) is 0 Å². The minimum atomic E-state index is 0.0668. The van der Waals surface area contributed by atoms with Crippen LogP contribution in [-0.2, 0) is 6.54 Å². The van der Waals surface area contributed by atoms with Crippen molar-refractivity contribution in [3.8, 4) is 11.8 Å². The number of para-hydroxylation sites is 1. The van der Waals surface area contributed by atoms with Crippen molar-refractivity contribution in [1.82, 2.24) is 5.32 Å². The topological polar surface area (TPSA) is 45.0 Å². The van der Waals surface area contributed by atoms with Crippen LogP contribution < -0.4 is 10.1 Å². The molecule has 0 aliphatic rings. The highest BCUT2D eigenvalue weighted by Gasteiger charge is 2.08. The molecule has 0 heterocycles. The Morgan fingerprint density at radius 2 is 2.25 bits per heavy atom. The Hall–Kier alpha value is -1.05. The summed E-state index contributed by atoms with van der Waals surface area (Å²) in [5.74, 6) is 0.747. The van der Waals surface area contributed by atoms with Crippen LogP contribution in [0.2, 0.25) is 0 Å². The van der Waals surface area contributed by atoms with Gasteiger partial charge in [0.25, 0.3) is 0 Å². The second kappa shape index (κ2) is 6.51. The van der Waals surface area contributed by atoms with Gasteiger partial charge in [-0.25, -0.2) is 0 Å². The molecular weight excluding hydrogens is 268 g/mol. The Labute approximate surface area is 105 Å². The van der Waals surface area contributed by atoms with Gasteiger partial charge in [-0.15, -0.1) is 0 Å². The maximum Gasteiger partial charge on any atom is 0.174 e. The van der Waals surface area contributed by atoms with Gasteiger partial charge in [0.05, 0.1) is 4.47 Å². The van der Waals surface area contributed by atoms with Gasteiger partial charge in [0, 0.05) is 18.2 Å². The molecule has 3 nitrogen and oxygen atoms in total. The lowest BCUT2D eigenvalue weighted by Gasteiger charge is -2.13. The Bertz CT molecular complexity index is 385. The second-order valence-electron chi connectivity index (χ2n) is 3.71. The highest BCUT2D eigenvalue weighted by Crippen LogP contribution is 2.29. The van der Waals surface area contributed by atoms with Crippen LogP contribution in [0.1, 0.15) is 19.4 Å². The summed E-state index contributed by atoms with van der Waals surface area (Å²) in [5, 5.41) is 11.8. The zero-order chi connectivity index (χ0) is 12.0. The maximum absolute atomic E-state index is 8.52. The van der Waals surface area contributed by atoms with E-state index < -0.39 is 0 Å².